The maximum atomic E-state index is 12.3. The van der Waals surface area contributed by atoms with Gasteiger partial charge in [0, 0.05) is 12.3 Å². The van der Waals surface area contributed by atoms with Gasteiger partial charge in [-0.05, 0) is 41.8 Å². The Morgan fingerprint density at radius 2 is 1.76 bits per heavy atom. The monoisotopic (exact) mass is 326 g/mol. The molecule has 122 valence electrons. The molecule has 0 unspecified atom stereocenters. The Hall–Kier alpha value is -3.38. The van der Waals surface area contributed by atoms with E-state index >= 15 is 0 Å². The summed E-state index contributed by atoms with van der Waals surface area (Å²) in [5, 5.41) is 8.96. The third-order valence-electron chi connectivity index (χ3n) is 3.97. The van der Waals surface area contributed by atoms with E-state index in [1.807, 2.05) is 30.4 Å². The Balaban J connectivity index is 1.77. The first-order chi connectivity index (χ1) is 12.1. The average Bonchev–Trinajstić information content (AvgIpc) is 2.63. The second kappa shape index (κ2) is 7.46. The number of nitrogens with zero attached hydrogens (tertiary/aromatic N) is 2. The van der Waals surface area contributed by atoms with Crippen molar-refractivity contribution in [2.45, 2.75) is 13.5 Å². The molecule has 1 aromatic heterocycles. The van der Waals surface area contributed by atoms with Gasteiger partial charge in [-0.25, -0.2) is 0 Å². The van der Waals surface area contributed by atoms with Crippen LogP contribution in [0.15, 0.2) is 71.7 Å². The third kappa shape index (κ3) is 4.33. The highest BCUT2D eigenvalue weighted by Crippen LogP contribution is 2.09. The van der Waals surface area contributed by atoms with Gasteiger partial charge in [-0.2, -0.15) is 5.26 Å². The molecule has 0 spiro atoms. The lowest BCUT2D eigenvalue weighted by molar-refractivity contribution is 0.758. The molecule has 1 heterocycles. The zero-order valence-corrected chi connectivity index (χ0v) is 14.0. The summed E-state index contributed by atoms with van der Waals surface area (Å²) in [5.41, 5.74) is 4.66. The lowest BCUT2D eigenvalue weighted by atomic mass is 10.1. The van der Waals surface area contributed by atoms with Gasteiger partial charge in [0.15, 0.2) is 0 Å². The first kappa shape index (κ1) is 16.5. The second-order valence-electron chi connectivity index (χ2n) is 5.98. The predicted molar refractivity (Wildman–Crippen MR) is 101 cm³/mol. The number of hydrogen-bond acceptors (Lipinski definition) is 2. The number of aryl methyl sites for hydroxylation is 1. The van der Waals surface area contributed by atoms with E-state index in [0.29, 0.717) is 12.1 Å². The number of nitriles is 1. The van der Waals surface area contributed by atoms with E-state index < -0.39 is 0 Å². The zero-order chi connectivity index (χ0) is 17.6. The lowest BCUT2D eigenvalue weighted by Gasteiger charge is -2.06. The summed E-state index contributed by atoms with van der Waals surface area (Å²) in [5.74, 6) is 0. The van der Waals surface area contributed by atoms with Crippen LogP contribution in [-0.2, 0) is 6.54 Å². The summed E-state index contributed by atoms with van der Waals surface area (Å²) in [4.78, 5) is 12.3. The van der Waals surface area contributed by atoms with Crippen LogP contribution in [0.3, 0.4) is 0 Å². The van der Waals surface area contributed by atoms with Crippen LogP contribution in [-0.4, -0.2) is 4.57 Å². The van der Waals surface area contributed by atoms with E-state index in [-0.39, 0.29) is 5.56 Å². The van der Waals surface area contributed by atoms with Crippen LogP contribution in [0.4, 0.5) is 0 Å². The van der Waals surface area contributed by atoms with Gasteiger partial charge in [0.05, 0.1) is 18.2 Å². The summed E-state index contributed by atoms with van der Waals surface area (Å²) in [7, 11) is 0. The van der Waals surface area contributed by atoms with Crippen molar-refractivity contribution < 1.29 is 0 Å². The van der Waals surface area contributed by atoms with Crippen LogP contribution in [0, 0.1) is 18.3 Å². The molecule has 0 aliphatic carbocycles. The van der Waals surface area contributed by atoms with E-state index in [0.717, 1.165) is 16.7 Å². The van der Waals surface area contributed by atoms with Crippen molar-refractivity contribution in [1.29, 1.82) is 5.26 Å². The van der Waals surface area contributed by atoms with Gasteiger partial charge < -0.3 is 4.57 Å². The van der Waals surface area contributed by atoms with E-state index in [2.05, 4.69) is 37.3 Å². The fraction of sp³-hybridized carbons (Fsp3) is 0.0909. The number of benzene rings is 2. The van der Waals surface area contributed by atoms with Crippen LogP contribution in [0.5, 0.6) is 0 Å². The smallest absolute Gasteiger partial charge is 0.251 e. The Morgan fingerprint density at radius 3 is 2.48 bits per heavy atom. The summed E-state index contributed by atoms with van der Waals surface area (Å²) in [6.07, 6.45) is 5.72. The number of aromatic nitrogens is 1. The van der Waals surface area contributed by atoms with Crippen molar-refractivity contribution in [3.8, 4) is 6.07 Å². The summed E-state index contributed by atoms with van der Waals surface area (Å²) in [6.45, 7) is 2.51. The van der Waals surface area contributed by atoms with E-state index in [1.165, 1.54) is 5.56 Å². The van der Waals surface area contributed by atoms with E-state index in [4.69, 9.17) is 5.26 Å². The quantitative estimate of drug-likeness (QED) is 0.719. The average molecular weight is 326 g/mol. The fourth-order valence-corrected chi connectivity index (χ4v) is 2.56. The molecule has 0 atom stereocenters. The van der Waals surface area contributed by atoms with Gasteiger partial charge in [-0.3, -0.25) is 4.79 Å². The largest absolute Gasteiger partial charge is 0.311 e. The van der Waals surface area contributed by atoms with Crippen molar-refractivity contribution in [3.63, 3.8) is 0 Å². The highest BCUT2D eigenvalue weighted by atomic mass is 16.1. The van der Waals surface area contributed by atoms with Crippen molar-refractivity contribution in [1.82, 2.24) is 4.57 Å². The van der Waals surface area contributed by atoms with Crippen molar-refractivity contribution in [3.05, 3.63) is 105 Å². The second-order valence-corrected chi connectivity index (χ2v) is 5.98. The van der Waals surface area contributed by atoms with Gasteiger partial charge in [0.2, 0.25) is 0 Å². The van der Waals surface area contributed by atoms with Crippen LogP contribution >= 0.6 is 0 Å². The molecule has 0 bridgehead atoms. The fourth-order valence-electron chi connectivity index (χ4n) is 2.56. The predicted octanol–water partition coefficient (Wildman–Crippen LogP) is 4.25. The van der Waals surface area contributed by atoms with Crippen LogP contribution in [0.2, 0.25) is 0 Å². The molecule has 0 fully saturated rings. The highest BCUT2D eigenvalue weighted by Gasteiger charge is 2.00. The molecule has 0 saturated heterocycles. The van der Waals surface area contributed by atoms with Gasteiger partial charge in [-0.15, -0.1) is 0 Å². The SMILES string of the molecule is Cc1ccc(/C=C/c2ccn(Cc3cccc(C#N)c3)c(=O)c2)cc1. The van der Waals surface area contributed by atoms with Crippen LogP contribution in [0.1, 0.15) is 27.8 Å². The normalized spacial score (nSPS) is 10.7. The number of rotatable bonds is 4. The topological polar surface area (TPSA) is 45.8 Å². The maximum Gasteiger partial charge on any atom is 0.251 e. The van der Waals surface area contributed by atoms with Gasteiger partial charge in [0.1, 0.15) is 0 Å². The molecule has 0 saturated carbocycles. The summed E-state index contributed by atoms with van der Waals surface area (Å²) >= 11 is 0. The highest BCUT2D eigenvalue weighted by molar-refractivity contribution is 5.69. The zero-order valence-electron chi connectivity index (χ0n) is 14.0. The molecule has 3 heteroatoms. The maximum absolute atomic E-state index is 12.3. The minimum Gasteiger partial charge on any atom is -0.311 e. The molecule has 3 rings (SSSR count). The van der Waals surface area contributed by atoms with Gasteiger partial charge >= 0.3 is 0 Å². The Labute approximate surface area is 147 Å². The van der Waals surface area contributed by atoms with Crippen LogP contribution in [0.25, 0.3) is 12.2 Å². The third-order valence-corrected chi connectivity index (χ3v) is 3.97. The Kier molecular flexibility index (Phi) is 4.92. The van der Waals surface area contributed by atoms with Crippen molar-refractivity contribution >= 4 is 12.2 Å². The van der Waals surface area contributed by atoms with Gasteiger partial charge in [-0.1, -0.05) is 54.1 Å². The van der Waals surface area contributed by atoms with Crippen LogP contribution < -0.4 is 5.56 Å². The molecule has 2 aromatic carbocycles. The number of hydrogen-bond donors (Lipinski definition) is 0. The first-order valence-corrected chi connectivity index (χ1v) is 8.08. The van der Waals surface area contributed by atoms with E-state index in [1.54, 1.807) is 29.0 Å². The molecule has 0 radical (unpaired) electrons. The van der Waals surface area contributed by atoms with E-state index in [9.17, 15) is 4.79 Å². The van der Waals surface area contributed by atoms with Crippen molar-refractivity contribution in [2.24, 2.45) is 0 Å². The molecular weight excluding hydrogens is 308 g/mol. The summed E-state index contributed by atoms with van der Waals surface area (Å²) in [6, 6.07) is 21.2. The molecule has 25 heavy (non-hydrogen) atoms. The van der Waals surface area contributed by atoms with Crippen molar-refractivity contribution in [2.75, 3.05) is 0 Å². The molecule has 0 N–H and O–H groups in total. The molecule has 0 amide bonds. The Bertz CT molecular complexity index is 1010. The summed E-state index contributed by atoms with van der Waals surface area (Å²) < 4.78 is 1.64. The minimum atomic E-state index is -0.0617. The Morgan fingerprint density at radius 1 is 1.00 bits per heavy atom. The minimum absolute atomic E-state index is 0.0617. The molecule has 0 aliphatic rings. The standard InChI is InChI=1S/C22H18N2O/c1-17-5-7-18(8-6-17)9-10-19-11-12-24(22(25)14-19)16-21-4-2-3-20(13-21)15-23/h2-14H,16H2,1H3/b10-9+. The number of pyridine rings is 1. The molecule has 0 aliphatic heterocycles. The first-order valence-electron chi connectivity index (χ1n) is 8.08. The molecule has 3 aromatic rings. The van der Waals surface area contributed by atoms with Gasteiger partial charge in [0.25, 0.3) is 5.56 Å². The molecule has 3 nitrogen and oxygen atoms in total. The molecular formula is C22H18N2O. The lowest BCUT2D eigenvalue weighted by Crippen LogP contribution is -2.19.